The molecule has 24 heavy (non-hydrogen) atoms. The average Bonchev–Trinajstić information content (AvgIpc) is 3.36. The zero-order chi connectivity index (χ0) is 17.3. The number of piperidine rings is 1. The van der Waals surface area contributed by atoms with E-state index in [0.29, 0.717) is 12.1 Å². The molecule has 1 aromatic rings. The molecule has 126 valence electrons. The number of hydrogen-bond acceptors (Lipinski definition) is 4. The summed E-state index contributed by atoms with van der Waals surface area (Å²) in [4.78, 5) is 37.2. The Morgan fingerprint density at radius 1 is 1.29 bits per heavy atom. The summed E-state index contributed by atoms with van der Waals surface area (Å²) in [6, 6.07) is 5.36. The number of benzene rings is 1. The fraction of sp³-hybridized carbons (Fsp3) is 0.389. The molecule has 0 radical (unpaired) electrons. The van der Waals surface area contributed by atoms with Gasteiger partial charge in [-0.3, -0.25) is 14.5 Å². The largest absolute Gasteiger partial charge is 0.478 e. The van der Waals surface area contributed by atoms with Gasteiger partial charge in [-0.1, -0.05) is 18.2 Å². The van der Waals surface area contributed by atoms with Crippen LogP contribution in [0.1, 0.15) is 30.9 Å². The first kappa shape index (κ1) is 16.5. The normalized spacial score (nSPS) is 21.7. The highest BCUT2D eigenvalue weighted by atomic mass is 19.1. The standard InChI is InChI=1S/C18H18FNO4/c19-14-4-2-1-3-13(14)17(18(24)11-5-6-11)20-8-7-15(21)12(10-20)9-16(22)23/h1-4,9,11,17H,5-8,10H2,(H,22,23)/b12-9-. The lowest BCUT2D eigenvalue weighted by atomic mass is 9.93. The molecule has 1 aliphatic carbocycles. The van der Waals surface area contributed by atoms with E-state index in [2.05, 4.69) is 0 Å². The predicted molar refractivity (Wildman–Crippen MR) is 83.8 cm³/mol. The van der Waals surface area contributed by atoms with Crippen molar-refractivity contribution in [3.8, 4) is 0 Å². The fourth-order valence-corrected chi connectivity index (χ4v) is 3.11. The van der Waals surface area contributed by atoms with Gasteiger partial charge in [0.25, 0.3) is 0 Å². The first-order valence-electron chi connectivity index (χ1n) is 7.96. The molecule has 5 nitrogen and oxygen atoms in total. The van der Waals surface area contributed by atoms with E-state index >= 15 is 0 Å². The zero-order valence-electron chi connectivity index (χ0n) is 13.1. The molecule has 1 aromatic carbocycles. The van der Waals surface area contributed by atoms with Gasteiger partial charge in [0.15, 0.2) is 11.6 Å². The van der Waals surface area contributed by atoms with Crippen molar-refractivity contribution in [3.05, 3.63) is 47.3 Å². The minimum atomic E-state index is -1.20. The summed E-state index contributed by atoms with van der Waals surface area (Å²) in [6.45, 7) is 0.357. The third-order valence-corrected chi connectivity index (χ3v) is 4.47. The highest BCUT2D eigenvalue weighted by molar-refractivity contribution is 6.01. The molecular formula is C18H18FNO4. The van der Waals surface area contributed by atoms with Crippen molar-refractivity contribution in [1.29, 1.82) is 0 Å². The van der Waals surface area contributed by atoms with Crippen molar-refractivity contribution in [2.24, 2.45) is 5.92 Å². The molecule has 6 heteroatoms. The molecule has 0 aromatic heterocycles. The maximum absolute atomic E-state index is 14.3. The SMILES string of the molecule is O=C(O)/C=C1/CN(C(C(=O)C2CC2)c2ccccc2F)CCC1=O. The van der Waals surface area contributed by atoms with E-state index in [0.717, 1.165) is 18.9 Å². The third-order valence-electron chi connectivity index (χ3n) is 4.47. The van der Waals surface area contributed by atoms with Gasteiger partial charge < -0.3 is 5.11 Å². The summed E-state index contributed by atoms with van der Waals surface area (Å²) in [5.74, 6) is -2.02. The van der Waals surface area contributed by atoms with E-state index in [4.69, 9.17) is 5.11 Å². The van der Waals surface area contributed by atoms with Gasteiger partial charge in [0.2, 0.25) is 0 Å². The number of hydrogen-bond donors (Lipinski definition) is 1. The van der Waals surface area contributed by atoms with Gasteiger partial charge in [0, 0.05) is 42.6 Å². The Balaban J connectivity index is 1.94. The van der Waals surface area contributed by atoms with Crippen molar-refractivity contribution >= 4 is 17.5 Å². The highest BCUT2D eigenvalue weighted by Crippen LogP contribution is 2.38. The fourth-order valence-electron chi connectivity index (χ4n) is 3.11. The number of rotatable bonds is 5. The van der Waals surface area contributed by atoms with E-state index in [9.17, 15) is 18.8 Å². The molecule has 1 heterocycles. The number of nitrogens with zero attached hydrogens (tertiary/aromatic N) is 1. The van der Waals surface area contributed by atoms with Gasteiger partial charge in [-0.05, 0) is 18.9 Å². The van der Waals surface area contributed by atoms with E-state index in [1.54, 1.807) is 23.1 Å². The molecule has 1 unspecified atom stereocenters. The van der Waals surface area contributed by atoms with E-state index in [-0.39, 0.29) is 36.0 Å². The lowest BCUT2D eigenvalue weighted by Gasteiger charge is -2.34. The number of Topliss-reactive ketones (excluding diaryl/α,β-unsaturated/α-hetero) is 2. The van der Waals surface area contributed by atoms with Gasteiger partial charge in [0.05, 0.1) is 6.04 Å². The number of carbonyl (C=O) groups is 3. The van der Waals surface area contributed by atoms with E-state index in [1.807, 2.05) is 0 Å². The van der Waals surface area contributed by atoms with Crippen molar-refractivity contribution in [1.82, 2.24) is 4.90 Å². The van der Waals surface area contributed by atoms with Crippen molar-refractivity contribution < 1.29 is 23.9 Å². The first-order valence-corrected chi connectivity index (χ1v) is 7.96. The molecule has 2 aliphatic rings. The molecule has 1 saturated carbocycles. The maximum atomic E-state index is 14.3. The lowest BCUT2D eigenvalue weighted by molar-refractivity contribution is -0.132. The van der Waals surface area contributed by atoms with E-state index < -0.39 is 17.8 Å². The summed E-state index contributed by atoms with van der Waals surface area (Å²) in [5.41, 5.74) is 0.442. The quantitative estimate of drug-likeness (QED) is 0.837. The predicted octanol–water partition coefficient (Wildman–Crippen LogP) is 2.13. The smallest absolute Gasteiger partial charge is 0.328 e. The molecule has 0 bridgehead atoms. The molecule has 0 amide bonds. The number of carbonyl (C=O) groups excluding carboxylic acids is 2. The van der Waals surface area contributed by atoms with Crippen LogP contribution in [0.15, 0.2) is 35.9 Å². The molecule has 0 spiro atoms. The summed E-state index contributed by atoms with van der Waals surface area (Å²) in [5, 5.41) is 8.90. The summed E-state index contributed by atoms with van der Waals surface area (Å²) in [6.07, 6.45) is 2.61. The zero-order valence-corrected chi connectivity index (χ0v) is 13.1. The molecule has 3 rings (SSSR count). The minimum absolute atomic E-state index is 0.0442. The average molecular weight is 331 g/mol. The Labute approximate surface area is 138 Å². The van der Waals surface area contributed by atoms with Gasteiger partial charge >= 0.3 is 5.97 Å². The van der Waals surface area contributed by atoms with Crippen LogP contribution in [0.4, 0.5) is 4.39 Å². The molecule has 2 fully saturated rings. The second-order valence-electron chi connectivity index (χ2n) is 6.25. The van der Waals surface area contributed by atoms with Crippen LogP contribution in [-0.2, 0) is 14.4 Å². The van der Waals surface area contributed by atoms with Gasteiger partial charge in [-0.2, -0.15) is 0 Å². The van der Waals surface area contributed by atoms with Crippen LogP contribution in [0.3, 0.4) is 0 Å². The number of likely N-dealkylation sites (tertiary alicyclic amines) is 1. The number of aliphatic carboxylic acids is 1. The number of carboxylic acids is 1. The third kappa shape index (κ3) is 3.43. The lowest BCUT2D eigenvalue weighted by Crippen LogP contribution is -2.42. The number of carboxylic acid groups (broad SMARTS) is 1. The summed E-state index contributed by atoms with van der Waals surface area (Å²) < 4.78 is 14.3. The topological polar surface area (TPSA) is 74.7 Å². The molecule has 1 atom stereocenters. The monoisotopic (exact) mass is 331 g/mol. The van der Waals surface area contributed by atoms with Crippen molar-refractivity contribution in [2.75, 3.05) is 13.1 Å². The maximum Gasteiger partial charge on any atom is 0.328 e. The first-order chi connectivity index (χ1) is 11.5. The minimum Gasteiger partial charge on any atom is -0.478 e. The number of ketones is 2. The Kier molecular flexibility index (Phi) is 4.57. The van der Waals surface area contributed by atoms with Crippen LogP contribution < -0.4 is 0 Å². The molecule has 1 saturated heterocycles. The van der Waals surface area contributed by atoms with Crippen LogP contribution in [0.2, 0.25) is 0 Å². The van der Waals surface area contributed by atoms with Crippen LogP contribution in [0.5, 0.6) is 0 Å². The summed E-state index contributed by atoms with van der Waals surface area (Å²) in [7, 11) is 0. The van der Waals surface area contributed by atoms with Crippen molar-refractivity contribution in [3.63, 3.8) is 0 Å². The second kappa shape index (κ2) is 6.65. The van der Waals surface area contributed by atoms with Gasteiger partial charge in [-0.15, -0.1) is 0 Å². The summed E-state index contributed by atoms with van der Waals surface area (Å²) >= 11 is 0. The molecule has 1 aliphatic heterocycles. The molecular weight excluding hydrogens is 313 g/mol. The Bertz CT molecular complexity index is 723. The Hall–Kier alpha value is -2.34. The van der Waals surface area contributed by atoms with Crippen LogP contribution >= 0.6 is 0 Å². The van der Waals surface area contributed by atoms with E-state index in [1.165, 1.54) is 6.07 Å². The van der Waals surface area contributed by atoms with Crippen LogP contribution in [-0.4, -0.2) is 40.6 Å². The molecule has 1 N–H and O–H groups in total. The van der Waals surface area contributed by atoms with Crippen molar-refractivity contribution in [2.45, 2.75) is 25.3 Å². The van der Waals surface area contributed by atoms with Crippen LogP contribution in [0, 0.1) is 11.7 Å². The Morgan fingerprint density at radius 3 is 2.62 bits per heavy atom. The second-order valence-corrected chi connectivity index (χ2v) is 6.25. The van der Waals surface area contributed by atoms with Gasteiger partial charge in [0.1, 0.15) is 5.82 Å². The highest BCUT2D eigenvalue weighted by Gasteiger charge is 2.41. The van der Waals surface area contributed by atoms with Gasteiger partial charge in [-0.25, -0.2) is 9.18 Å². The van der Waals surface area contributed by atoms with Crippen LogP contribution in [0.25, 0.3) is 0 Å². The Morgan fingerprint density at radius 2 is 2.00 bits per heavy atom. The number of halogens is 1.